The fraction of sp³-hybridized carbons (Fsp3) is 0.385. The average Bonchev–Trinajstić information content (AvgIpc) is 2.37. The maximum absolute atomic E-state index is 11.1. The number of hydrogen-bond donors (Lipinski definition) is 3. The molecule has 0 heterocycles. The normalized spacial score (nSPS) is 14.4. The van der Waals surface area contributed by atoms with Gasteiger partial charge < -0.3 is 15.9 Å². The minimum Gasteiger partial charge on any atom is -0.388 e. The number of nitrogens with two attached hydrogens (primary N) is 1. The van der Waals surface area contributed by atoms with Gasteiger partial charge in [-0.25, -0.2) is 0 Å². The van der Waals surface area contributed by atoms with Crippen LogP contribution in [0.5, 0.6) is 0 Å². The van der Waals surface area contributed by atoms with Crippen LogP contribution < -0.4 is 5.73 Å². The molecule has 1 aromatic carbocycles. The topological polar surface area (TPSA) is 83.5 Å². The number of aliphatic hydroxyl groups is 2. The first-order valence-electron chi connectivity index (χ1n) is 5.51. The molecule has 0 aliphatic heterocycles. The number of rotatable bonds is 6. The lowest BCUT2D eigenvalue weighted by molar-refractivity contribution is -0.131. The Hall–Kier alpha value is -1.23. The van der Waals surface area contributed by atoms with E-state index in [2.05, 4.69) is 6.92 Å². The summed E-state index contributed by atoms with van der Waals surface area (Å²) < 4.78 is 0. The van der Waals surface area contributed by atoms with E-state index in [0.717, 1.165) is 11.1 Å². The molecule has 1 aromatic rings. The van der Waals surface area contributed by atoms with E-state index in [1.807, 2.05) is 24.3 Å². The smallest absolute Gasteiger partial charge is 0.186 e. The lowest BCUT2D eigenvalue weighted by atomic mass is 9.93. The summed E-state index contributed by atoms with van der Waals surface area (Å²) in [6, 6.07) is 7.61. The molecule has 0 saturated carbocycles. The van der Waals surface area contributed by atoms with Gasteiger partial charge in [0.25, 0.3) is 0 Å². The summed E-state index contributed by atoms with van der Waals surface area (Å²) in [6.07, 6.45) is -0.730. The predicted octanol–water partition coefficient (Wildman–Crippen LogP) is 0.0604. The van der Waals surface area contributed by atoms with Crippen molar-refractivity contribution in [2.75, 3.05) is 6.61 Å². The molecule has 0 aliphatic rings. The average molecular weight is 236 g/mol. The fourth-order valence-corrected chi connectivity index (χ4v) is 1.58. The molecule has 93 valence electrons. The summed E-state index contributed by atoms with van der Waals surface area (Å²) in [4.78, 5) is 11.1. The van der Waals surface area contributed by atoms with Crippen LogP contribution >= 0.6 is 0 Å². The maximum atomic E-state index is 11.1. The molecule has 0 saturated heterocycles. The van der Waals surface area contributed by atoms with Gasteiger partial charge in [-0.15, -0.1) is 0 Å². The van der Waals surface area contributed by atoms with Gasteiger partial charge in [0.2, 0.25) is 0 Å². The maximum Gasteiger partial charge on any atom is 0.186 e. The number of hydrogen-bond acceptors (Lipinski definition) is 4. The van der Waals surface area contributed by atoms with Crippen molar-refractivity contribution in [1.82, 2.24) is 0 Å². The third-order valence-electron chi connectivity index (χ3n) is 2.69. The van der Waals surface area contributed by atoms with Gasteiger partial charge in [-0.2, -0.15) is 0 Å². The number of aliphatic hydroxyl groups excluding tert-OH is 2. The zero-order valence-electron chi connectivity index (χ0n) is 9.67. The largest absolute Gasteiger partial charge is 0.388 e. The third kappa shape index (κ3) is 3.93. The fourth-order valence-electron chi connectivity index (χ4n) is 1.58. The summed E-state index contributed by atoms with van der Waals surface area (Å²) >= 11 is 0. The van der Waals surface area contributed by atoms with Crippen LogP contribution in [0.25, 0.3) is 0 Å². The van der Waals surface area contributed by atoms with Crippen LogP contribution in [0.15, 0.2) is 24.3 Å². The second-order valence-electron chi connectivity index (χ2n) is 4.05. The molecule has 0 fully saturated rings. The summed E-state index contributed by atoms with van der Waals surface area (Å²) in [5.74, 6) is -1.05. The van der Waals surface area contributed by atoms with E-state index < -0.39 is 24.4 Å². The highest BCUT2D eigenvalue weighted by Crippen LogP contribution is 2.13. The molecule has 4 nitrogen and oxygen atoms in total. The van der Waals surface area contributed by atoms with Crippen molar-refractivity contribution in [1.29, 1.82) is 0 Å². The summed E-state index contributed by atoms with van der Waals surface area (Å²) in [6.45, 7) is 3.57. The minimum atomic E-state index is -1.21. The monoisotopic (exact) mass is 236 g/mol. The molecule has 0 spiro atoms. The molecule has 0 amide bonds. The van der Waals surface area contributed by atoms with Crippen LogP contribution in [-0.4, -0.2) is 28.7 Å². The van der Waals surface area contributed by atoms with E-state index in [0.29, 0.717) is 13.0 Å². The van der Waals surface area contributed by atoms with E-state index in [1.54, 1.807) is 0 Å². The second-order valence-corrected chi connectivity index (χ2v) is 4.05. The third-order valence-corrected chi connectivity index (χ3v) is 2.69. The van der Waals surface area contributed by atoms with E-state index >= 15 is 0 Å². The SMILES string of the molecule is [CH2]C(Cc1ccc(CN)cc1)C(O)C(=O)CO. The molecule has 0 aromatic heterocycles. The quantitative estimate of drug-likeness (QED) is 0.652. The van der Waals surface area contributed by atoms with Gasteiger partial charge in [-0.3, -0.25) is 4.79 Å². The van der Waals surface area contributed by atoms with Crippen molar-refractivity contribution in [2.45, 2.75) is 19.1 Å². The highest BCUT2D eigenvalue weighted by molar-refractivity contribution is 5.84. The molecule has 4 heteroatoms. The molecule has 2 atom stereocenters. The van der Waals surface area contributed by atoms with Gasteiger partial charge in [-0.1, -0.05) is 24.3 Å². The molecule has 4 N–H and O–H groups in total. The Morgan fingerprint density at radius 2 is 1.82 bits per heavy atom. The number of carbonyl (C=O) groups excluding carboxylic acids is 1. The van der Waals surface area contributed by atoms with E-state index in [9.17, 15) is 9.90 Å². The standard InChI is InChI=1S/C13H18NO3/c1-9(13(17)12(16)8-15)6-10-2-4-11(7-14)5-3-10/h2-5,9,13,15,17H,1,6-8,14H2. The van der Waals surface area contributed by atoms with Crippen molar-refractivity contribution < 1.29 is 15.0 Å². The van der Waals surface area contributed by atoms with Gasteiger partial charge in [0, 0.05) is 6.54 Å². The van der Waals surface area contributed by atoms with Crippen molar-refractivity contribution in [3.8, 4) is 0 Å². The lowest BCUT2D eigenvalue weighted by Gasteiger charge is -2.16. The van der Waals surface area contributed by atoms with Crippen molar-refractivity contribution >= 4 is 5.78 Å². The molecule has 2 unspecified atom stereocenters. The Balaban J connectivity index is 2.60. The summed E-state index contributed by atoms with van der Waals surface area (Å²) in [7, 11) is 0. The predicted molar refractivity (Wildman–Crippen MR) is 65.0 cm³/mol. The molecule has 1 radical (unpaired) electrons. The van der Waals surface area contributed by atoms with Crippen LogP contribution in [0.1, 0.15) is 11.1 Å². The zero-order valence-corrected chi connectivity index (χ0v) is 9.67. The molecule has 17 heavy (non-hydrogen) atoms. The Morgan fingerprint density at radius 3 is 2.29 bits per heavy atom. The van der Waals surface area contributed by atoms with Crippen LogP contribution in [-0.2, 0) is 17.8 Å². The highest BCUT2D eigenvalue weighted by atomic mass is 16.3. The number of benzene rings is 1. The van der Waals surface area contributed by atoms with Crippen LogP contribution in [0.3, 0.4) is 0 Å². The number of ketones is 1. The first-order valence-corrected chi connectivity index (χ1v) is 5.51. The van der Waals surface area contributed by atoms with Crippen LogP contribution in [0.2, 0.25) is 0 Å². The molecular weight excluding hydrogens is 218 g/mol. The Kier molecular flexibility index (Phi) is 5.28. The summed E-state index contributed by atoms with van der Waals surface area (Å²) in [5.41, 5.74) is 7.49. The van der Waals surface area contributed by atoms with E-state index in [4.69, 9.17) is 10.8 Å². The molecule has 0 bridgehead atoms. The van der Waals surface area contributed by atoms with E-state index in [1.165, 1.54) is 0 Å². The molecule has 0 aliphatic carbocycles. The van der Waals surface area contributed by atoms with Gasteiger partial charge in [0.1, 0.15) is 12.7 Å². The summed E-state index contributed by atoms with van der Waals surface area (Å²) in [5, 5.41) is 18.2. The lowest BCUT2D eigenvalue weighted by Crippen LogP contribution is -2.31. The molecular formula is C13H18NO3. The zero-order chi connectivity index (χ0) is 12.8. The molecule has 1 rings (SSSR count). The van der Waals surface area contributed by atoms with E-state index in [-0.39, 0.29) is 0 Å². The van der Waals surface area contributed by atoms with Gasteiger partial charge in [0.15, 0.2) is 5.78 Å². The Bertz CT molecular complexity index is 361. The van der Waals surface area contributed by atoms with Gasteiger partial charge >= 0.3 is 0 Å². The second kappa shape index (κ2) is 6.49. The first-order chi connectivity index (χ1) is 8.08. The highest BCUT2D eigenvalue weighted by Gasteiger charge is 2.21. The van der Waals surface area contributed by atoms with Crippen molar-refractivity contribution in [3.63, 3.8) is 0 Å². The Labute approximate surface area is 101 Å². The van der Waals surface area contributed by atoms with Crippen LogP contribution in [0, 0.1) is 12.8 Å². The van der Waals surface area contributed by atoms with Gasteiger partial charge in [-0.05, 0) is 30.4 Å². The number of Topliss-reactive ketones (excluding diaryl/α,β-unsaturated/α-hetero) is 1. The first kappa shape index (κ1) is 13.8. The number of carbonyl (C=O) groups is 1. The minimum absolute atomic E-state index is 0.460. The van der Waals surface area contributed by atoms with Gasteiger partial charge in [0.05, 0.1) is 0 Å². The van der Waals surface area contributed by atoms with Crippen molar-refractivity contribution in [3.05, 3.63) is 42.3 Å². The van der Waals surface area contributed by atoms with Crippen molar-refractivity contribution in [2.24, 2.45) is 11.7 Å². The Morgan fingerprint density at radius 1 is 1.29 bits per heavy atom. The van der Waals surface area contributed by atoms with Crippen LogP contribution in [0.4, 0.5) is 0 Å².